The number of hydrogen-bond acceptors (Lipinski definition) is 2. The third-order valence-electron chi connectivity index (χ3n) is 3.88. The number of hydrogen-bond donors (Lipinski definition) is 0. The topological polar surface area (TPSA) is 26.3 Å². The highest BCUT2D eigenvalue weighted by Crippen LogP contribution is 2.54. The zero-order chi connectivity index (χ0) is 14.3. The molecule has 0 aliphatic carbocycles. The van der Waals surface area contributed by atoms with Crippen molar-refractivity contribution in [1.82, 2.24) is 0 Å². The second-order valence-corrected chi connectivity index (χ2v) is 10.1. The molecule has 0 amide bonds. The summed E-state index contributed by atoms with van der Waals surface area (Å²) in [6.07, 6.45) is 4.63. The van der Waals surface area contributed by atoms with Gasteiger partial charge in [-0.05, 0) is 42.3 Å². The standard InChI is InChI=1S/C15H30O2S/c1-8-14(6)18(7,13(4)5)11-9-10-17-15(16)12(2)3/h13-14H,2,8-11H2,1,3-7H3. The molecule has 0 N–H and O–H groups in total. The van der Waals surface area contributed by atoms with Gasteiger partial charge in [-0.3, -0.25) is 0 Å². The van der Waals surface area contributed by atoms with Crippen molar-refractivity contribution >= 4 is 16.0 Å². The molecule has 0 aromatic rings. The Morgan fingerprint density at radius 1 is 1.33 bits per heavy atom. The number of carbonyl (C=O) groups excluding carboxylic acids is 1. The maximum Gasteiger partial charge on any atom is 0.333 e. The maximum absolute atomic E-state index is 11.3. The van der Waals surface area contributed by atoms with Crippen molar-refractivity contribution in [2.75, 3.05) is 18.6 Å². The van der Waals surface area contributed by atoms with Crippen LogP contribution in [0.1, 0.15) is 47.5 Å². The van der Waals surface area contributed by atoms with Gasteiger partial charge >= 0.3 is 5.97 Å². The fourth-order valence-corrected chi connectivity index (χ4v) is 5.24. The Bertz CT molecular complexity index is 286. The van der Waals surface area contributed by atoms with Crippen molar-refractivity contribution in [3.05, 3.63) is 12.2 Å². The first-order chi connectivity index (χ1) is 8.25. The lowest BCUT2D eigenvalue weighted by atomic mass is 10.4. The Morgan fingerprint density at radius 2 is 1.89 bits per heavy atom. The molecular weight excluding hydrogens is 244 g/mol. The summed E-state index contributed by atoms with van der Waals surface area (Å²) in [6, 6.07) is 0. The van der Waals surface area contributed by atoms with Crippen LogP contribution >= 0.6 is 10.0 Å². The van der Waals surface area contributed by atoms with Crippen LogP contribution in [0.5, 0.6) is 0 Å². The highest BCUT2D eigenvalue weighted by Gasteiger charge is 2.27. The molecule has 0 aromatic heterocycles. The van der Waals surface area contributed by atoms with Crippen molar-refractivity contribution in [3.63, 3.8) is 0 Å². The van der Waals surface area contributed by atoms with Gasteiger partial charge in [0.15, 0.2) is 0 Å². The van der Waals surface area contributed by atoms with Gasteiger partial charge in [0.25, 0.3) is 0 Å². The van der Waals surface area contributed by atoms with E-state index < -0.39 is 10.0 Å². The van der Waals surface area contributed by atoms with Gasteiger partial charge < -0.3 is 4.74 Å². The molecule has 0 saturated heterocycles. The molecule has 0 rings (SSSR count). The molecule has 0 spiro atoms. The summed E-state index contributed by atoms with van der Waals surface area (Å²) in [5.41, 5.74) is 0.482. The lowest BCUT2D eigenvalue weighted by Crippen LogP contribution is -2.25. The van der Waals surface area contributed by atoms with Crippen LogP contribution < -0.4 is 0 Å². The number of ether oxygens (including phenoxy) is 1. The minimum Gasteiger partial charge on any atom is -0.462 e. The maximum atomic E-state index is 11.3. The smallest absolute Gasteiger partial charge is 0.333 e. The minimum atomic E-state index is -0.616. The summed E-state index contributed by atoms with van der Waals surface area (Å²) >= 11 is 0. The van der Waals surface area contributed by atoms with Gasteiger partial charge in [-0.2, -0.15) is 0 Å². The second-order valence-electron chi connectivity index (χ2n) is 5.47. The fraction of sp³-hybridized carbons (Fsp3) is 0.800. The SMILES string of the molecule is C=C(C)C(=O)OCCCS(C)(C(C)C)C(C)CC. The molecule has 0 bridgehead atoms. The molecule has 0 heterocycles. The average molecular weight is 274 g/mol. The van der Waals surface area contributed by atoms with Gasteiger partial charge in [0, 0.05) is 5.57 Å². The third kappa shape index (κ3) is 5.05. The van der Waals surface area contributed by atoms with E-state index in [1.807, 2.05) is 0 Å². The van der Waals surface area contributed by atoms with E-state index in [-0.39, 0.29) is 5.97 Å². The molecule has 18 heavy (non-hydrogen) atoms. The van der Waals surface area contributed by atoms with Crippen molar-refractivity contribution in [2.24, 2.45) is 0 Å². The third-order valence-corrected chi connectivity index (χ3v) is 9.37. The molecule has 2 unspecified atom stereocenters. The monoisotopic (exact) mass is 274 g/mol. The van der Waals surface area contributed by atoms with Gasteiger partial charge in [0.2, 0.25) is 0 Å². The summed E-state index contributed by atoms with van der Waals surface area (Å²) in [7, 11) is -0.616. The van der Waals surface area contributed by atoms with Gasteiger partial charge in [-0.25, -0.2) is 14.8 Å². The lowest BCUT2D eigenvalue weighted by Gasteiger charge is -2.45. The van der Waals surface area contributed by atoms with E-state index in [9.17, 15) is 4.79 Å². The van der Waals surface area contributed by atoms with Crippen molar-refractivity contribution in [3.8, 4) is 0 Å². The van der Waals surface area contributed by atoms with Crippen LogP contribution in [0.25, 0.3) is 0 Å². The molecule has 2 nitrogen and oxygen atoms in total. The Kier molecular flexibility index (Phi) is 7.69. The lowest BCUT2D eigenvalue weighted by molar-refractivity contribution is -0.138. The summed E-state index contributed by atoms with van der Waals surface area (Å²) < 4.78 is 5.17. The number of rotatable bonds is 8. The summed E-state index contributed by atoms with van der Waals surface area (Å²) in [4.78, 5) is 11.3. The van der Waals surface area contributed by atoms with E-state index in [1.54, 1.807) is 6.92 Å². The van der Waals surface area contributed by atoms with E-state index in [2.05, 4.69) is 40.5 Å². The van der Waals surface area contributed by atoms with Crippen LogP contribution in [0.3, 0.4) is 0 Å². The first-order valence-corrected chi connectivity index (χ1v) is 9.15. The molecule has 0 aliphatic rings. The Morgan fingerprint density at radius 3 is 2.28 bits per heavy atom. The molecule has 0 radical (unpaired) electrons. The zero-order valence-corrected chi connectivity index (χ0v) is 13.7. The van der Waals surface area contributed by atoms with E-state index in [0.717, 1.165) is 16.9 Å². The quantitative estimate of drug-likeness (QED) is 0.378. The molecule has 108 valence electrons. The van der Waals surface area contributed by atoms with Crippen LogP contribution in [-0.4, -0.2) is 35.1 Å². The Labute approximate surface area is 114 Å². The zero-order valence-electron chi connectivity index (χ0n) is 12.9. The van der Waals surface area contributed by atoms with E-state index >= 15 is 0 Å². The average Bonchev–Trinajstić information content (AvgIpc) is 2.32. The number of carbonyl (C=O) groups is 1. The summed E-state index contributed by atoms with van der Waals surface area (Å²) in [6.45, 7) is 15.1. The van der Waals surface area contributed by atoms with Gasteiger partial charge in [0.05, 0.1) is 6.61 Å². The van der Waals surface area contributed by atoms with Crippen molar-refractivity contribution in [1.29, 1.82) is 0 Å². The molecule has 0 fully saturated rings. The Hall–Kier alpha value is -0.440. The molecule has 2 atom stereocenters. The first-order valence-electron chi connectivity index (χ1n) is 6.82. The van der Waals surface area contributed by atoms with Crippen LogP contribution in [0.15, 0.2) is 12.2 Å². The Balaban J connectivity index is 4.22. The molecule has 0 saturated carbocycles. The first kappa shape index (κ1) is 17.6. The van der Waals surface area contributed by atoms with E-state index in [4.69, 9.17) is 4.74 Å². The van der Waals surface area contributed by atoms with Crippen LogP contribution in [0.2, 0.25) is 0 Å². The molecule has 0 aromatic carbocycles. The van der Waals surface area contributed by atoms with Crippen molar-refractivity contribution < 1.29 is 9.53 Å². The largest absolute Gasteiger partial charge is 0.462 e. The molecular formula is C15H30O2S. The van der Waals surface area contributed by atoms with Crippen LogP contribution in [-0.2, 0) is 9.53 Å². The van der Waals surface area contributed by atoms with Gasteiger partial charge in [-0.1, -0.05) is 34.3 Å². The van der Waals surface area contributed by atoms with Gasteiger partial charge in [0.1, 0.15) is 0 Å². The molecule has 0 aliphatic heterocycles. The van der Waals surface area contributed by atoms with E-state index in [0.29, 0.717) is 12.2 Å². The predicted octanol–water partition coefficient (Wildman–Crippen LogP) is 4.14. The predicted molar refractivity (Wildman–Crippen MR) is 83.7 cm³/mol. The summed E-state index contributed by atoms with van der Waals surface area (Å²) in [5.74, 6) is 0.920. The van der Waals surface area contributed by atoms with Crippen LogP contribution in [0, 0.1) is 0 Å². The summed E-state index contributed by atoms with van der Waals surface area (Å²) in [5, 5.41) is 1.50. The normalized spacial score (nSPS) is 17.9. The highest BCUT2D eigenvalue weighted by molar-refractivity contribution is 8.34. The fourth-order valence-electron chi connectivity index (χ4n) is 1.94. The number of esters is 1. The van der Waals surface area contributed by atoms with Gasteiger partial charge in [-0.15, -0.1) is 0 Å². The second kappa shape index (κ2) is 7.88. The highest BCUT2D eigenvalue weighted by atomic mass is 32.3. The molecule has 3 heteroatoms. The van der Waals surface area contributed by atoms with Crippen LogP contribution in [0.4, 0.5) is 0 Å². The van der Waals surface area contributed by atoms with E-state index in [1.165, 1.54) is 12.2 Å². The van der Waals surface area contributed by atoms with Crippen molar-refractivity contribution in [2.45, 2.75) is 58.0 Å². The minimum absolute atomic E-state index is 0.264.